The van der Waals surface area contributed by atoms with Crippen LogP contribution in [-0.4, -0.2) is 0 Å². The second-order valence-corrected chi connectivity index (χ2v) is 14.6. The number of nitrogens with zero attached hydrogens (tertiary/aromatic N) is 2. The molecule has 0 saturated heterocycles. The van der Waals surface area contributed by atoms with Crippen molar-refractivity contribution >= 4 is 34.1 Å². The number of aryl methyl sites for hydroxylation is 8. The van der Waals surface area contributed by atoms with Gasteiger partial charge in [-0.1, -0.05) is 112 Å². The Balaban J connectivity index is 1.55. The minimum Gasteiger partial charge on any atom is -0.310 e. The van der Waals surface area contributed by atoms with Gasteiger partial charge < -0.3 is 9.80 Å². The van der Waals surface area contributed by atoms with Crippen molar-refractivity contribution < 1.29 is 0 Å². The van der Waals surface area contributed by atoms with Crippen molar-refractivity contribution in [3.63, 3.8) is 0 Å². The molecular formula is C48H60N2. The first-order valence-electron chi connectivity index (χ1n) is 19.2. The number of hydrogen-bond donors (Lipinski definition) is 0. The average molecular weight is 665 g/mol. The van der Waals surface area contributed by atoms with Gasteiger partial charge in [0.1, 0.15) is 0 Å². The molecular weight excluding hydrogens is 605 g/mol. The maximum Gasteiger partial charge on any atom is 0.0520 e. The van der Waals surface area contributed by atoms with Crippen molar-refractivity contribution in [2.45, 2.75) is 120 Å². The van der Waals surface area contributed by atoms with E-state index in [0.717, 1.165) is 12.8 Å². The van der Waals surface area contributed by atoms with Crippen LogP contribution >= 0.6 is 0 Å². The molecule has 5 aromatic rings. The van der Waals surface area contributed by atoms with Gasteiger partial charge in [0.05, 0.1) is 11.4 Å². The van der Waals surface area contributed by atoms with E-state index in [1.807, 2.05) is 0 Å². The maximum absolute atomic E-state index is 2.45. The van der Waals surface area contributed by atoms with E-state index >= 15 is 0 Å². The Morgan fingerprint density at radius 3 is 0.920 bits per heavy atom. The summed E-state index contributed by atoms with van der Waals surface area (Å²) in [5.74, 6) is 0. The van der Waals surface area contributed by atoms with E-state index in [-0.39, 0.29) is 0 Å². The summed E-state index contributed by atoms with van der Waals surface area (Å²) in [5, 5.41) is 0. The first-order chi connectivity index (χ1) is 24.2. The zero-order valence-electron chi connectivity index (χ0n) is 32.2. The molecule has 0 amide bonds. The van der Waals surface area contributed by atoms with E-state index in [1.165, 1.54) is 130 Å². The van der Waals surface area contributed by atoms with Gasteiger partial charge in [0.2, 0.25) is 0 Å². The molecule has 0 saturated carbocycles. The SMILES string of the molecule is CCCCCCc1cc(C)c(N(c2ccc(C)cc2)c2ccc(N(c3ccc(C)cc3)c3c(C)cc(CCCCCC)cc3C)cc2)c(C)c1. The molecule has 0 aromatic heterocycles. The molecule has 2 heteroatoms. The summed E-state index contributed by atoms with van der Waals surface area (Å²) < 4.78 is 0. The average Bonchev–Trinajstić information content (AvgIpc) is 3.10. The molecule has 2 nitrogen and oxygen atoms in total. The van der Waals surface area contributed by atoms with Crippen molar-refractivity contribution in [3.8, 4) is 0 Å². The van der Waals surface area contributed by atoms with E-state index < -0.39 is 0 Å². The van der Waals surface area contributed by atoms with E-state index in [4.69, 9.17) is 0 Å². The molecule has 0 spiro atoms. The van der Waals surface area contributed by atoms with Crippen LogP contribution in [-0.2, 0) is 12.8 Å². The lowest BCUT2D eigenvalue weighted by atomic mass is 9.97. The lowest BCUT2D eigenvalue weighted by Crippen LogP contribution is -2.15. The molecule has 0 bridgehead atoms. The van der Waals surface area contributed by atoms with Gasteiger partial charge in [0.25, 0.3) is 0 Å². The first-order valence-corrected chi connectivity index (χ1v) is 19.2. The van der Waals surface area contributed by atoms with Gasteiger partial charge >= 0.3 is 0 Å². The third-order valence-corrected chi connectivity index (χ3v) is 10.1. The summed E-state index contributed by atoms with van der Waals surface area (Å²) in [6.07, 6.45) is 12.6. The van der Waals surface area contributed by atoms with Gasteiger partial charge in [-0.3, -0.25) is 0 Å². The quantitative estimate of drug-likeness (QED) is 0.0969. The van der Waals surface area contributed by atoms with Gasteiger partial charge in [0, 0.05) is 22.7 Å². The summed E-state index contributed by atoms with van der Waals surface area (Å²) in [6, 6.07) is 36.8. The zero-order chi connectivity index (χ0) is 35.6. The van der Waals surface area contributed by atoms with Gasteiger partial charge in [0.15, 0.2) is 0 Å². The Labute approximate surface area is 304 Å². The highest BCUT2D eigenvalue weighted by atomic mass is 15.2. The number of rotatable bonds is 16. The van der Waals surface area contributed by atoms with Crippen molar-refractivity contribution in [1.82, 2.24) is 0 Å². The molecule has 0 heterocycles. The Morgan fingerprint density at radius 2 is 0.640 bits per heavy atom. The van der Waals surface area contributed by atoms with Crippen LogP contribution in [0.4, 0.5) is 34.1 Å². The summed E-state index contributed by atoms with van der Waals surface area (Å²) >= 11 is 0. The monoisotopic (exact) mass is 664 g/mol. The smallest absolute Gasteiger partial charge is 0.0520 e. The van der Waals surface area contributed by atoms with Gasteiger partial charge in [-0.15, -0.1) is 0 Å². The van der Waals surface area contributed by atoms with Crippen LogP contribution in [0.3, 0.4) is 0 Å². The summed E-state index contributed by atoms with van der Waals surface area (Å²) in [7, 11) is 0. The standard InChI is InChI=1S/C48H60N2/c1-9-11-13-15-17-41-31-37(5)47(38(6)32-41)49(43-23-19-35(3)20-24-43)45-27-29-46(30-28-45)50(44-25-21-36(4)22-26-44)48-39(7)33-42(34-40(48)8)18-16-14-12-10-2/h19-34H,9-18H2,1-8H3. The number of benzene rings is 5. The highest BCUT2D eigenvalue weighted by Gasteiger charge is 2.21. The van der Waals surface area contributed by atoms with Crippen molar-refractivity contribution in [2.24, 2.45) is 0 Å². The fourth-order valence-corrected chi connectivity index (χ4v) is 7.55. The number of unbranched alkanes of at least 4 members (excludes halogenated alkanes) is 6. The molecule has 0 unspecified atom stereocenters. The Hall–Kier alpha value is -4.30. The lowest BCUT2D eigenvalue weighted by molar-refractivity contribution is 0.666. The predicted molar refractivity (Wildman–Crippen MR) is 220 cm³/mol. The predicted octanol–water partition coefficient (Wildman–Crippen LogP) is 14.7. The molecule has 0 aliphatic heterocycles. The largest absolute Gasteiger partial charge is 0.310 e. The number of anilines is 6. The third-order valence-electron chi connectivity index (χ3n) is 10.1. The van der Waals surface area contributed by atoms with Crippen LogP contribution in [0.15, 0.2) is 97.1 Å². The second-order valence-electron chi connectivity index (χ2n) is 14.6. The van der Waals surface area contributed by atoms with Crippen LogP contribution in [0.2, 0.25) is 0 Å². The topological polar surface area (TPSA) is 6.48 Å². The fourth-order valence-electron chi connectivity index (χ4n) is 7.55. The number of hydrogen-bond acceptors (Lipinski definition) is 2. The minimum atomic E-state index is 1.15. The molecule has 0 fully saturated rings. The first kappa shape index (κ1) is 37.0. The van der Waals surface area contributed by atoms with E-state index in [2.05, 4.69) is 162 Å². The molecule has 0 N–H and O–H groups in total. The van der Waals surface area contributed by atoms with Crippen molar-refractivity contribution in [1.29, 1.82) is 0 Å². The van der Waals surface area contributed by atoms with Gasteiger partial charge in [-0.05, 0) is 149 Å². The highest BCUT2D eigenvalue weighted by Crippen LogP contribution is 2.43. The second kappa shape index (κ2) is 17.6. The summed E-state index contributed by atoms with van der Waals surface area (Å²) in [5.41, 5.74) is 18.0. The van der Waals surface area contributed by atoms with Crippen molar-refractivity contribution in [3.05, 3.63) is 142 Å². The van der Waals surface area contributed by atoms with Crippen LogP contribution in [0.1, 0.15) is 110 Å². The fraction of sp³-hybridized carbons (Fsp3) is 0.375. The molecule has 5 aromatic carbocycles. The highest BCUT2D eigenvalue weighted by molar-refractivity contribution is 5.84. The summed E-state index contributed by atoms with van der Waals surface area (Å²) in [4.78, 5) is 4.91. The molecule has 5 rings (SSSR count). The van der Waals surface area contributed by atoms with Gasteiger partial charge in [-0.25, -0.2) is 0 Å². The molecule has 0 aliphatic rings. The van der Waals surface area contributed by atoms with Crippen LogP contribution in [0.5, 0.6) is 0 Å². The normalized spacial score (nSPS) is 11.2. The zero-order valence-corrected chi connectivity index (χ0v) is 32.2. The third kappa shape index (κ3) is 9.08. The van der Waals surface area contributed by atoms with Crippen LogP contribution in [0.25, 0.3) is 0 Å². The molecule has 0 aliphatic carbocycles. The minimum absolute atomic E-state index is 1.15. The lowest BCUT2D eigenvalue weighted by Gasteiger charge is -2.31. The Kier molecular flexibility index (Phi) is 13.0. The van der Waals surface area contributed by atoms with Crippen molar-refractivity contribution in [2.75, 3.05) is 9.80 Å². The Bertz CT molecular complexity index is 1630. The van der Waals surface area contributed by atoms with Crippen LogP contribution in [0, 0.1) is 41.5 Å². The molecule has 0 atom stereocenters. The van der Waals surface area contributed by atoms with E-state index in [0.29, 0.717) is 0 Å². The van der Waals surface area contributed by atoms with Crippen LogP contribution < -0.4 is 9.80 Å². The maximum atomic E-state index is 2.45. The van der Waals surface area contributed by atoms with Gasteiger partial charge in [-0.2, -0.15) is 0 Å². The van der Waals surface area contributed by atoms with E-state index in [1.54, 1.807) is 0 Å². The Morgan fingerprint density at radius 1 is 0.360 bits per heavy atom. The summed E-state index contributed by atoms with van der Waals surface area (Å²) in [6.45, 7) is 18.0. The molecule has 0 radical (unpaired) electrons. The molecule has 50 heavy (non-hydrogen) atoms. The van der Waals surface area contributed by atoms with E-state index in [9.17, 15) is 0 Å². The molecule has 262 valence electrons.